The molecule has 1 aliphatic heterocycles. The van der Waals surface area contributed by atoms with E-state index in [1.807, 2.05) is 13.8 Å². The molecule has 6 nitrogen and oxygen atoms in total. The molecule has 2 unspecified atom stereocenters. The predicted octanol–water partition coefficient (Wildman–Crippen LogP) is 2.26. The fourth-order valence-corrected chi connectivity index (χ4v) is 2.90. The van der Waals surface area contributed by atoms with Gasteiger partial charge in [0.15, 0.2) is 17.5 Å². The monoisotopic (exact) mass is 380 g/mol. The minimum Gasteiger partial charge on any atom is -0.486 e. The summed E-state index contributed by atoms with van der Waals surface area (Å²) in [5.74, 6) is 0.707. The van der Waals surface area contributed by atoms with Crippen LogP contribution in [0.4, 0.5) is 4.39 Å². The highest BCUT2D eigenvalue weighted by atomic mass is 19.1. The van der Waals surface area contributed by atoms with E-state index in [0.29, 0.717) is 19.1 Å². The number of hydrogen-bond acceptors (Lipinski definition) is 4. The lowest BCUT2D eigenvalue weighted by Crippen LogP contribution is -2.45. The number of hydrogen-bond donors (Lipinski definition) is 2. The Morgan fingerprint density at radius 1 is 1.26 bits per heavy atom. The Labute approximate surface area is 162 Å². The van der Waals surface area contributed by atoms with Gasteiger partial charge in [-0.15, -0.1) is 0 Å². The number of halogens is 1. The molecule has 7 heteroatoms. The van der Waals surface area contributed by atoms with Crippen molar-refractivity contribution in [3.8, 4) is 5.75 Å². The zero-order valence-corrected chi connectivity index (χ0v) is 16.7. The molecule has 1 aliphatic rings. The fourth-order valence-electron chi connectivity index (χ4n) is 2.90. The lowest BCUT2D eigenvalue weighted by atomic mass is 10.2. The van der Waals surface area contributed by atoms with Crippen molar-refractivity contribution in [2.24, 2.45) is 4.99 Å². The molecule has 0 saturated carbocycles. The normalized spacial score (nSPS) is 18.0. The second-order valence-electron chi connectivity index (χ2n) is 6.68. The summed E-state index contributed by atoms with van der Waals surface area (Å²) in [7, 11) is 0. The van der Waals surface area contributed by atoms with Gasteiger partial charge in [0, 0.05) is 25.7 Å². The summed E-state index contributed by atoms with van der Waals surface area (Å²) in [5.41, 5.74) is 0. The third kappa shape index (κ3) is 7.34. The van der Waals surface area contributed by atoms with Crippen LogP contribution < -0.4 is 15.4 Å². The van der Waals surface area contributed by atoms with Gasteiger partial charge in [0.05, 0.1) is 26.3 Å². The number of morpholine rings is 1. The van der Waals surface area contributed by atoms with E-state index in [4.69, 9.17) is 14.5 Å². The van der Waals surface area contributed by atoms with Crippen LogP contribution in [0.2, 0.25) is 0 Å². The minimum absolute atomic E-state index is 0.137. The first-order valence-electron chi connectivity index (χ1n) is 9.89. The van der Waals surface area contributed by atoms with Gasteiger partial charge < -0.3 is 20.1 Å². The average molecular weight is 381 g/mol. The molecule has 0 aliphatic carbocycles. The van der Waals surface area contributed by atoms with Crippen LogP contribution in [0.15, 0.2) is 29.3 Å². The molecule has 0 spiro atoms. The maximum Gasteiger partial charge on any atom is 0.191 e. The summed E-state index contributed by atoms with van der Waals surface area (Å²) in [6, 6.07) is 6.86. The van der Waals surface area contributed by atoms with Crippen molar-refractivity contribution >= 4 is 5.96 Å². The van der Waals surface area contributed by atoms with Crippen molar-refractivity contribution in [2.45, 2.75) is 39.3 Å². The maximum atomic E-state index is 13.8. The molecule has 0 amide bonds. The molecule has 1 saturated heterocycles. The van der Waals surface area contributed by atoms with Crippen LogP contribution in [0.1, 0.15) is 27.2 Å². The van der Waals surface area contributed by atoms with Crippen LogP contribution in [0, 0.1) is 5.82 Å². The number of para-hydroxylation sites is 1. The minimum atomic E-state index is -0.337. The predicted molar refractivity (Wildman–Crippen MR) is 107 cm³/mol. The number of nitrogens with one attached hydrogen (secondary N) is 2. The SMILES string of the molecule is CCNC(=NCC(C)N1CCOCC1)NCC(CC)Oc1ccccc1F. The van der Waals surface area contributed by atoms with Crippen molar-refractivity contribution in [3.05, 3.63) is 30.1 Å². The molecule has 0 bridgehead atoms. The van der Waals surface area contributed by atoms with E-state index in [1.165, 1.54) is 6.07 Å². The fraction of sp³-hybridized carbons (Fsp3) is 0.650. The number of nitrogens with zero attached hydrogens (tertiary/aromatic N) is 2. The smallest absolute Gasteiger partial charge is 0.191 e. The zero-order chi connectivity index (χ0) is 19.5. The van der Waals surface area contributed by atoms with Crippen LogP contribution in [0.25, 0.3) is 0 Å². The van der Waals surface area contributed by atoms with Crippen LogP contribution in [-0.4, -0.2) is 68.9 Å². The van der Waals surface area contributed by atoms with E-state index >= 15 is 0 Å². The lowest BCUT2D eigenvalue weighted by Gasteiger charge is -2.31. The van der Waals surface area contributed by atoms with Gasteiger partial charge in [-0.05, 0) is 32.4 Å². The van der Waals surface area contributed by atoms with Gasteiger partial charge in [-0.25, -0.2) is 4.39 Å². The molecule has 0 aromatic heterocycles. The zero-order valence-electron chi connectivity index (χ0n) is 16.7. The van der Waals surface area contributed by atoms with E-state index < -0.39 is 0 Å². The van der Waals surface area contributed by atoms with Gasteiger partial charge in [0.25, 0.3) is 0 Å². The number of rotatable bonds is 9. The number of guanidine groups is 1. The molecule has 1 fully saturated rings. The van der Waals surface area contributed by atoms with E-state index in [1.54, 1.807) is 18.2 Å². The highest BCUT2D eigenvalue weighted by Crippen LogP contribution is 2.17. The second-order valence-corrected chi connectivity index (χ2v) is 6.68. The molecule has 2 rings (SSSR count). The van der Waals surface area contributed by atoms with Gasteiger partial charge in [-0.3, -0.25) is 9.89 Å². The first-order chi connectivity index (χ1) is 13.1. The van der Waals surface area contributed by atoms with Gasteiger partial charge in [0.1, 0.15) is 6.10 Å². The van der Waals surface area contributed by atoms with Crippen LogP contribution in [-0.2, 0) is 4.74 Å². The summed E-state index contributed by atoms with van der Waals surface area (Å²) in [5, 5.41) is 6.58. The summed E-state index contributed by atoms with van der Waals surface area (Å²) < 4.78 is 25.0. The highest BCUT2D eigenvalue weighted by molar-refractivity contribution is 5.79. The lowest BCUT2D eigenvalue weighted by molar-refractivity contribution is 0.0220. The van der Waals surface area contributed by atoms with Crippen molar-refractivity contribution in [3.63, 3.8) is 0 Å². The molecule has 2 atom stereocenters. The molecule has 152 valence electrons. The first-order valence-corrected chi connectivity index (χ1v) is 9.89. The summed E-state index contributed by atoms with van der Waals surface area (Å²) in [6.07, 6.45) is 0.632. The molecule has 0 radical (unpaired) electrons. The number of aliphatic imine (C=N–C) groups is 1. The van der Waals surface area contributed by atoms with E-state index in [9.17, 15) is 4.39 Å². The van der Waals surface area contributed by atoms with Crippen molar-refractivity contribution in [2.75, 3.05) is 45.9 Å². The van der Waals surface area contributed by atoms with Crippen molar-refractivity contribution in [1.29, 1.82) is 0 Å². The van der Waals surface area contributed by atoms with Crippen molar-refractivity contribution in [1.82, 2.24) is 15.5 Å². The Balaban J connectivity index is 1.86. The van der Waals surface area contributed by atoms with Gasteiger partial charge in [-0.2, -0.15) is 0 Å². The number of ether oxygens (including phenoxy) is 2. The third-order valence-corrected chi connectivity index (χ3v) is 4.61. The summed E-state index contributed by atoms with van der Waals surface area (Å²) in [4.78, 5) is 7.10. The Morgan fingerprint density at radius 3 is 2.67 bits per heavy atom. The van der Waals surface area contributed by atoms with Crippen LogP contribution >= 0.6 is 0 Å². The van der Waals surface area contributed by atoms with E-state index in [0.717, 1.165) is 45.2 Å². The van der Waals surface area contributed by atoms with Crippen LogP contribution in [0.5, 0.6) is 5.75 Å². The summed E-state index contributed by atoms with van der Waals surface area (Å²) >= 11 is 0. The quantitative estimate of drug-likeness (QED) is 0.508. The maximum absolute atomic E-state index is 13.8. The van der Waals surface area contributed by atoms with Gasteiger partial charge in [-0.1, -0.05) is 19.1 Å². The molecule has 2 N–H and O–H groups in total. The first kappa shape index (κ1) is 21.4. The third-order valence-electron chi connectivity index (χ3n) is 4.61. The molecule has 1 heterocycles. The summed E-state index contributed by atoms with van der Waals surface area (Å²) in [6.45, 7) is 11.8. The van der Waals surface area contributed by atoms with E-state index in [-0.39, 0.29) is 17.7 Å². The topological polar surface area (TPSA) is 58.1 Å². The van der Waals surface area contributed by atoms with Gasteiger partial charge >= 0.3 is 0 Å². The largest absolute Gasteiger partial charge is 0.486 e. The molecule has 1 aromatic carbocycles. The molecule has 27 heavy (non-hydrogen) atoms. The molecular formula is C20H33FN4O2. The van der Waals surface area contributed by atoms with Gasteiger partial charge in [0.2, 0.25) is 0 Å². The highest BCUT2D eigenvalue weighted by Gasteiger charge is 2.17. The average Bonchev–Trinajstić information content (AvgIpc) is 2.70. The van der Waals surface area contributed by atoms with E-state index in [2.05, 4.69) is 22.5 Å². The Hall–Kier alpha value is -1.86. The standard InChI is InChI=1S/C20H33FN4O2/c1-4-17(27-19-9-7-6-8-18(19)21)15-24-20(22-5-2)23-14-16(3)25-10-12-26-13-11-25/h6-9,16-17H,4-5,10-15H2,1-3H3,(H2,22,23,24). The Bertz CT molecular complexity index is 579. The number of benzene rings is 1. The van der Waals surface area contributed by atoms with Crippen molar-refractivity contribution < 1.29 is 13.9 Å². The molecule has 1 aromatic rings. The Kier molecular flexibility index (Phi) is 9.35. The second kappa shape index (κ2) is 11.8. The Morgan fingerprint density at radius 2 is 2.00 bits per heavy atom. The van der Waals surface area contributed by atoms with Crippen LogP contribution in [0.3, 0.4) is 0 Å². The molecular weight excluding hydrogens is 347 g/mol.